The third-order valence-corrected chi connectivity index (χ3v) is 4.84. The minimum atomic E-state index is 0.346. The summed E-state index contributed by atoms with van der Waals surface area (Å²) in [4.78, 5) is 13.3. The Hall–Kier alpha value is -2.08. The fourth-order valence-corrected chi connectivity index (χ4v) is 3.08. The van der Waals surface area contributed by atoms with Gasteiger partial charge in [-0.05, 0) is 26.0 Å². The number of guanidine groups is 1. The van der Waals surface area contributed by atoms with Gasteiger partial charge in [0.25, 0.3) is 0 Å². The van der Waals surface area contributed by atoms with Crippen molar-refractivity contribution in [3.63, 3.8) is 0 Å². The molecule has 0 bridgehead atoms. The van der Waals surface area contributed by atoms with E-state index in [4.69, 9.17) is 0 Å². The van der Waals surface area contributed by atoms with Gasteiger partial charge < -0.3 is 15.1 Å². The Labute approximate surface area is 149 Å². The summed E-state index contributed by atoms with van der Waals surface area (Å²) in [5.41, 5.74) is 2.30. The summed E-state index contributed by atoms with van der Waals surface area (Å²) in [5, 5.41) is 6.66. The lowest BCUT2D eigenvalue weighted by molar-refractivity contribution is 0.466. The zero-order valence-corrected chi connectivity index (χ0v) is 16.0. The van der Waals surface area contributed by atoms with Crippen LogP contribution >= 0.6 is 11.3 Å². The Morgan fingerprint density at radius 2 is 2.00 bits per heavy atom. The maximum atomic E-state index is 4.52. The first-order valence-electron chi connectivity index (χ1n) is 8.12. The maximum Gasteiger partial charge on any atom is 0.193 e. The smallest absolute Gasteiger partial charge is 0.193 e. The highest BCUT2D eigenvalue weighted by molar-refractivity contribution is 7.09. The van der Waals surface area contributed by atoms with Gasteiger partial charge in [0.05, 0.1) is 17.2 Å². The minimum Gasteiger partial charge on any atom is -0.370 e. The van der Waals surface area contributed by atoms with Crippen molar-refractivity contribution in [2.45, 2.75) is 26.4 Å². The SMILES string of the molecule is CN=C(NCC(C)N(C)c1ccccc1)N(C)Cc1csc(C)n1. The van der Waals surface area contributed by atoms with Gasteiger partial charge in [0.15, 0.2) is 5.96 Å². The summed E-state index contributed by atoms with van der Waals surface area (Å²) in [7, 11) is 5.97. The topological polar surface area (TPSA) is 43.8 Å². The van der Waals surface area contributed by atoms with E-state index in [0.29, 0.717) is 6.04 Å². The van der Waals surface area contributed by atoms with Gasteiger partial charge in [0.1, 0.15) is 0 Å². The van der Waals surface area contributed by atoms with Gasteiger partial charge in [-0.3, -0.25) is 4.99 Å². The van der Waals surface area contributed by atoms with Crippen molar-refractivity contribution in [1.82, 2.24) is 15.2 Å². The summed E-state index contributed by atoms with van der Waals surface area (Å²) in [6, 6.07) is 10.8. The van der Waals surface area contributed by atoms with Gasteiger partial charge >= 0.3 is 0 Å². The number of hydrogen-bond acceptors (Lipinski definition) is 4. The molecule has 0 aliphatic rings. The molecule has 0 aliphatic heterocycles. The van der Waals surface area contributed by atoms with E-state index in [9.17, 15) is 0 Å². The van der Waals surface area contributed by atoms with Gasteiger partial charge in [0.2, 0.25) is 0 Å². The van der Waals surface area contributed by atoms with Gasteiger partial charge in [-0.2, -0.15) is 0 Å². The summed E-state index contributed by atoms with van der Waals surface area (Å²) < 4.78 is 0. The number of likely N-dealkylation sites (N-methyl/N-ethyl adjacent to an activating group) is 1. The highest BCUT2D eigenvalue weighted by Gasteiger charge is 2.13. The molecule has 6 heteroatoms. The fraction of sp³-hybridized carbons (Fsp3) is 0.444. The van der Waals surface area contributed by atoms with Crippen molar-refractivity contribution in [2.75, 3.05) is 32.6 Å². The second-order valence-electron chi connectivity index (χ2n) is 5.94. The Morgan fingerprint density at radius 1 is 1.29 bits per heavy atom. The minimum absolute atomic E-state index is 0.346. The molecule has 2 rings (SSSR count). The van der Waals surface area contributed by atoms with E-state index in [0.717, 1.165) is 29.8 Å². The van der Waals surface area contributed by atoms with Crippen LogP contribution in [0.2, 0.25) is 0 Å². The second-order valence-corrected chi connectivity index (χ2v) is 7.00. The molecule has 0 amide bonds. The average molecular weight is 346 g/mol. The molecule has 0 radical (unpaired) electrons. The summed E-state index contributed by atoms with van der Waals surface area (Å²) in [6.45, 7) is 5.81. The number of benzene rings is 1. The van der Waals surface area contributed by atoms with Crippen LogP contribution in [0.5, 0.6) is 0 Å². The van der Waals surface area contributed by atoms with Crippen LogP contribution in [0, 0.1) is 6.92 Å². The summed E-state index contributed by atoms with van der Waals surface area (Å²) in [5.74, 6) is 0.883. The first-order valence-corrected chi connectivity index (χ1v) is 9.00. The molecule has 5 nitrogen and oxygen atoms in total. The number of rotatable bonds is 6. The van der Waals surface area contributed by atoms with Crippen molar-refractivity contribution < 1.29 is 0 Å². The molecule has 24 heavy (non-hydrogen) atoms. The van der Waals surface area contributed by atoms with Crippen LogP contribution in [-0.2, 0) is 6.54 Å². The molecule has 2 aromatic rings. The summed E-state index contributed by atoms with van der Waals surface area (Å²) in [6.07, 6.45) is 0. The molecule has 1 unspecified atom stereocenters. The van der Waals surface area contributed by atoms with Gasteiger partial charge in [0, 0.05) is 44.8 Å². The molecule has 1 atom stereocenters. The number of aliphatic imine (C=N–C) groups is 1. The van der Waals surface area contributed by atoms with Crippen molar-refractivity contribution >= 4 is 23.0 Å². The van der Waals surface area contributed by atoms with E-state index in [-0.39, 0.29) is 0 Å². The molecule has 0 saturated carbocycles. The Kier molecular flexibility index (Phi) is 6.61. The Morgan fingerprint density at radius 3 is 2.58 bits per heavy atom. The molecule has 0 saturated heterocycles. The normalized spacial score (nSPS) is 12.8. The molecule has 0 spiro atoms. The van der Waals surface area contributed by atoms with Crippen molar-refractivity contribution in [2.24, 2.45) is 4.99 Å². The average Bonchev–Trinajstić information content (AvgIpc) is 3.00. The first-order chi connectivity index (χ1) is 11.5. The number of hydrogen-bond donors (Lipinski definition) is 1. The number of aryl methyl sites for hydroxylation is 1. The summed E-state index contributed by atoms with van der Waals surface area (Å²) >= 11 is 1.68. The predicted molar refractivity (Wildman–Crippen MR) is 104 cm³/mol. The van der Waals surface area contributed by atoms with E-state index < -0.39 is 0 Å². The molecule has 130 valence electrons. The molecular formula is C18H27N5S. The number of anilines is 1. The van der Waals surface area contributed by atoms with Crippen LogP contribution in [-0.4, -0.2) is 49.6 Å². The number of thiazole rings is 1. The highest BCUT2D eigenvalue weighted by atomic mass is 32.1. The molecule has 1 aromatic carbocycles. The van der Waals surface area contributed by atoms with Crippen LogP contribution in [0.3, 0.4) is 0 Å². The number of nitrogens with one attached hydrogen (secondary N) is 1. The molecule has 0 aliphatic carbocycles. The van der Waals surface area contributed by atoms with Crippen LogP contribution < -0.4 is 10.2 Å². The van der Waals surface area contributed by atoms with Crippen LogP contribution in [0.15, 0.2) is 40.7 Å². The highest BCUT2D eigenvalue weighted by Crippen LogP contribution is 2.14. The zero-order valence-electron chi connectivity index (χ0n) is 15.2. The number of aromatic nitrogens is 1. The molecule has 1 heterocycles. The lowest BCUT2D eigenvalue weighted by Crippen LogP contribution is -2.45. The molecular weight excluding hydrogens is 318 g/mol. The number of nitrogens with zero attached hydrogens (tertiary/aromatic N) is 4. The molecule has 1 aromatic heterocycles. The van der Waals surface area contributed by atoms with E-state index in [1.54, 1.807) is 11.3 Å². The standard InChI is InChI=1S/C18H27N5S/c1-14(23(5)17-9-7-6-8-10-17)11-20-18(19-3)22(4)12-16-13-24-15(2)21-16/h6-10,13-14H,11-12H2,1-5H3,(H,19,20). The third kappa shape index (κ3) is 4.96. The Bertz CT molecular complexity index is 652. The van der Waals surface area contributed by atoms with E-state index in [2.05, 4.69) is 68.7 Å². The van der Waals surface area contributed by atoms with Crippen LogP contribution in [0.25, 0.3) is 0 Å². The predicted octanol–water partition coefficient (Wildman–Crippen LogP) is 2.98. The van der Waals surface area contributed by atoms with Crippen LogP contribution in [0.1, 0.15) is 17.6 Å². The monoisotopic (exact) mass is 345 g/mol. The van der Waals surface area contributed by atoms with E-state index >= 15 is 0 Å². The molecule has 0 fully saturated rings. The number of para-hydroxylation sites is 1. The van der Waals surface area contributed by atoms with E-state index in [1.807, 2.05) is 27.1 Å². The Balaban J connectivity index is 1.88. The lowest BCUT2D eigenvalue weighted by atomic mass is 10.2. The van der Waals surface area contributed by atoms with Gasteiger partial charge in [-0.1, -0.05) is 18.2 Å². The van der Waals surface area contributed by atoms with Gasteiger partial charge in [-0.25, -0.2) is 4.98 Å². The second kappa shape index (κ2) is 8.68. The lowest BCUT2D eigenvalue weighted by Gasteiger charge is -2.29. The zero-order chi connectivity index (χ0) is 17.5. The maximum absolute atomic E-state index is 4.52. The van der Waals surface area contributed by atoms with Crippen molar-refractivity contribution in [3.8, 4) is 0 Å². The third-order valence-electron chi connectivity index (χ3n) is 4.02. The van der Waals surface area contributed by atoms with Crippen molar-refractivity contribution in [1.29, 1.82) is 0 Å². The van der Waals surface area contributed by atoms with Crippen LogP contribution in [0.4, 0.5) is 5.69 Å². The quantitative estimate of drug-likeness (QED) is 0.646. The van der Waals surface area contributed by atoms with Gasteiger partial charge in [-0.15, -0.1) is 11.3 Å². The first kappa shape index (κ1) is 18.3. The van der Waals surface area contributed by atoms with Crippen molar-refractivity contribution in [3.05, 3.63) is 46.4 Å². The molecule has 1 N–H and O–H groups in total. The van der Waals surface area contributed by atoms with E-state index in [1.165, 1.54) is 5.69 Å². The fourth-order valence-electron chi connectivity index (χ4n) is 2.48. The largest absolute Gasteiger partial charge is 0.370 e.